The number of hydrogen-bond acceptors (Lipinski definition) is 2. The van der Waals surface area contributed by atoms with Crippen LogP contribution in [-0.4, -0.2) is 38.3 Å². The fourth-order valence-corrected chi connectivity index (χ4v) is 2.69. The summed E-state index contributed by atoms with van der Waals surface area (Å²) in [6.45, 7) is 7.35. The van der Waals surface area contributed by atoms with E-state index < -0.39 is 0 Å². The van der Waals surface area contributed by atoms with Gasteiger partial charge in [-0.15, -0.1) is 24.0 Å². The van der Waals surface area contributed by atoms with E-state index in [1.807, 2.05) is 6.92 Å². The van der Waals surface area contributed by atoms with Gasteiger partial charge in [-0.1, -0.05) is 28.1 Å². The molecule has 1 fully saturated rings. The highest BCUT2D eigenvalue weighted by molar-refractivity contribution is 14.0. The molecule has 0 saturated heterocycles. The van der Waals surface area contributed by atoms with E-state index in [4.69, 9.17) is 4.74 Å². The van der Waals surface area contributed by atoms with Gasteiger partial charge in [0.25, 0.3) is 0 Å². The molecule has 130 valence electrons. The Morgan fingerprint density at radius 2 is 2.04 bits per heavy atom. The zero-order valence-corrected chi connectivity index (χ0v) is 17.8. The molecule has 0 aromatic heterocycles. The quantitative estimate of drug-likeness (QED) is 0.249. The summed E-state index contributed by atoms with van der Waals surface area (Å²) in [5.74, 6) is 1.52. The first-order valence-electron chi connectivity index (χ1n) is 8.12. The summed E-state index contributed by atoms with van der Waals surface area (Å²) in [5.41, 5.74) is 1.40. The lowest BCUT2D eigenvalue weighted by molar-refractivity contribution is 0.146. The molecule has 6 heteroatoms. The summed E-state index contributed by atoms with van der Waals surface area (Å²) in [7, 11) is 0. The zero-order chi connectivity index (χ0) is 15.8. The highest BCUT2D eigenvalue weighted by Crippen LogP contribution is 2.40. The number of guanidine groups is 1. The SMILES string of the molecule is CCNC(=NCCCOCC)NC1CC1c1ccc(Br)cc1.I. The van der Waals surface area contributed by atoms with Crippen LogP contribution in [0.4, 0.5) is 0 Å². The molecule has 1 aliphatic rings. The minimum Gasteiger partial charge on any atom is -0.382 e. The average molecular weight is 496 g/mol. The summed E-state index contributed by atoms with van der Waals surface area (Å²) in [6, 6.07) is 9.10. The summed E-state index contributed by atoms with van der Waals surface area (Å²) in [6.07, 6.45) is 2.14. The maximum absolute atomic E-state index is 5.34. The van der Waals surface area contributed by atoms with Gasteiger partial charge in [-0.05, 0) is 44.4 Å². The molecular formula is C17H27BrIN3O. The van der Waals surface area contributed by atoms with Crippen molar-refractivity contribution in [2.24, 2.45) is 4.99 Å². The zero-order valence-electron chi connectivity index (χ0n) is 13.8. The smallest absolute Gasteiger partial charge is 0.191 e. The Labute approximate surface area is 165 Å². The van der Waals surface area contributed by atoms with Gasteiger partial charge in [0.1, 0.15) is 0 Å². The van der Waals surface area contributed by atoms with Crippen molar-refractivity contribution in [1.29, 1.82) is 0 Å². The van der Waals surface area contributed by atoms with Gasteiger partial charge in [-0.2, -0.15) is 0 Å². The maximum atomic E-state index is 5.34. The van der Waals surface area contributed by atoms with Crippen molar-refractivity contribution in [3.63, 3.8) is 0 Å². The van der Waals surface area contributed by atoms with Crippen LogP contribution in [-0.2, 0) is 4.74 Å². The van der Waals surface area contributed by atoms with Crippen molar-refractivity contribution in [1.82, 2.24) is 10.6 Å². The van der Waals surface area contributed by atoms with E-state index in [-0.39, 0.29) is 24.0 Å². The Morgan fingerprint density at radius 1 is 1.30 bits per heavy atom. The highest BCUT2D eigenvalue weighted by atomic mass is 127. The van der Waals surface area contributed by atoms with Gasteiger partial charge < -0.3 is 15.4 Å². The van der Waals surface area contributed by atoms with E-state index >= 15 is 0 Å². The van der Waals surface area contributed by atoms with Crippen molar-refractivity contribution in [3.8, 4) is 0 Å². The fourth-order valence-electron chi connectivity index (χ4n) is 2.43. The molecule has 2 unspecified atom stereocenters. The Hall–Kier alpha value is -0.340. The normalized spacial score (nSPS) is 19.9. The minimum absolute atomic E-state index is 0. The standard InChI is InChI=1S/C17H26BrN3O.HI/c1-3-19-17(20-10-5-11-22-4-2)21-16-12-15(16)13-6-8-14(18)9-7-13;/h6-9,15-16H,3-5,10-12H2,1-2H3,(H2,19,20,21);1H. The third-order valence-electron chi connectivity index (χ3n) is 3.68. The average Bonchev–Trinajstić information content (AvgIpc) is 3.27. The van der Waals surface area contributed by atoms with Crippen LogP contribution in [0.1, 0.15) is 38.2 Å². The molecule has 0 spiro atoms. The Balaban J connectivity index is 0.00000264. The van der Waals surface area contributed by atoms with Crippen molar-refractivity contribution in [3.05, 3.63) is 34.3 Å². The first-order chi connectivity index (χ1) is 10.7. The monoisotopic (exact) mass is 495 g/mol. The fraction of sp³-hybridized carbons (Fsp3) is 0.588. The van der Waals surface area contributed by atoms with Crippen molar-refractivity contribution >= 4 is 45.9 Å². The van der Waals surface area contributed by atoms with Crippen LogP contribution >= 0.6 is 39.9 Å². The van der Waals surface area contributed by atoms with Crippen molar-refractivity contribution in [2.75, 3.05) is 26.3 Å². The third-order valence-corrected chi connectivity index (χ3v) is 4.20. The van der Waals surface area contributed by atoms with E-state index in [1.54, 1.807) is 0 Å². The van der Waals surface area contributed by atoms with Crippen LogP contribution < -0.4 is 10.6 Å². The Morgan fingerprint density at radius 3 is 2.70 bits per heavy atom. The minimum atomic E-state index is 0. The van der Waals surface area contributed by atoms with Gasteiger partial charge in [0.15, 0.2) is 5.96 Å². The summed E-state index contributed by atoms with van der Waals surface area (Å²) in [5, 5.41) is 6.85. The van der Waals surface area contributed by atoms with Crippen molar-refractivity contribution < 1.29 is 4.74 Å². The van der Waals surface area contributed by atoms with Gasteiger partial charge in [0.2, 0.25) is 0 Å². The molecule has 1 aromatic carbocycles. The Kier molecular flexibility index (Phi) is 10.1. The third kappa shape index (κ3) is 7.39. The number of nitrogens with zero attached hydrogens (tertiary/aromatic N) is 1. The van der Waals surface area contributed by atoms with Gasteiger partial charge in [-0.3, -0.25) is 4.99 Å². The number of halogens is 2. The van der Waals surface area contributed by atoms with Gasteiger partial charge in [-0.25, -0.2) is 0 Å². The number of hydrogen-bond donors (Lipinski definition) is 2. The van der Waals surface area contributed by atoms with E-state index in [0.29, 0.717) is 12.0 Å². The van der Waals surface area contributed by atoms with Crippen LogP contribution in [0.3, 0.4) is 0 Å². The second-order valence-electron chi connectivity index (χ2n) is 5.46. The number of aliphatic imine (C=N–C) groups is 1. The predicted octanol–water partition coefficient (Wildman–Crippen LogP) is 3.90. The molecule has 0 radical (unpaired) electrons. The molecule has 2 N–H and O–H groups in total. The molecular weight excluding hydrogens is 469 g/mol. The van der Waals surface area contributed by atoms with E-state index in [0.717, 1.165) is 43.2 Å². The van der Waals surface area contributed by atoms with Gasteiger partial charge in [0.05, 0.1) is 0 Å². The molecule has 4 nitrogen and oxygen atoms in total. The summed E-state index contributed by atoms with van der Waals surface area (Å²) in [4.78, 5) is 4.61. The van der Waals surface area contributed by atoms with Crippen LogP contribution in [0.5, 0.6) is 0 Å². The number of benzene rings is 1. The van der Waals surface area contributed by atoms with Crippen LogP contribution in [0.2, 0.25) is 0 Å². The van der Waals surface area contributed by atoms with Crippen LogP contribution in [0.15, 0.2) is 33.7 Å². The van der Waals surface area contributed by atoms with E-state index in [2.05, 4.69) is 62.7 Å². The van der Waals surface area contributed by atoms with Crippen LogP contribution in [0, 0.1) is 0 Å². The molecule has 0 aliphatic heterocycles. The van der Waals surface area contributed by atoms with E-state index in [1.165, 1.54) is 12.0 Å². The molecule has 23 heavy (non-hydrogen) atoms. The molecule has 1 aliphatic carbocycles. The molecule has 0 heterocycles. The first-order valence-corrected chi connectivity index (χ1v) is 8.92. The number of ether oxygens (including phenoxy) is 1. The number of nitrogens with one attached hydrogen (secondary N) is 2. The van der Waals surface area contributed by atoms with Crippen LogP contribution in [0.25, 0.3) is 0 Å². The van der Waals surface area contributed by atoms with E-state index in [9.17, 15) is 0 Å². The topological polar surface area (TPSA) is 45.7 Å². The first kappa shape index (κ1) is 20.7. The van der Waals surface area contributed by atoms with Crippen molar-refractivity contribution in [2.45, 2.75) is 38.6 Å². The maximum Gasteiger partial charge on any atom is 0.191 e. The lowest BCUT2D eigenvalue weighted by atomic mass is 10.1. The summed E-state index contributed by atoms with van der Waals surface area (Å²) >= 11 is 3.48. The lowest BCUT2D eigenvalue weighted by Gasteiger charge is -2.11. The number of rotatable bonds is 8. The largest absolute Gasteiger partial charge is 0.382 e. The second-order valence-corrected chi connectivity index (χ2v) is 6.37. The van der Waals surface area contributed by atoms with Gasteiger partial charge in [0, 0.05) is 42.7 Å². The molecule has 0 amide bonds. The lowest BCUT2D eigenvalue weighted by Crippen LogP contribution is -2.39. The molecule has 2 rings (SSSR count). The molecule has 1 saturated carbocycles. The highest BCUT2D eigenvalue weighted by Gasteiger charge is 2.38. The molecule has 2 atom stereocenters. The van der Waals surface area contributed by atoms with Gasteiger partial charge >= 0.3 is 0 Å². The second kappa shape index (κ2) is 11.3. The summed E-state index contributed by atoms with van der Waals surface area (Å²) < 4.78 is 6.47. The molecule has 1 aromatic rings. The predicted molar refractivity (Wildman–Crippen MR) is 111 cm³/mol. The Bertz CT molecular complexity index is 481. The molecule has 0 bridgehead atoms.